The number of thiophene rings is 1. The Morgan fingerprint density at radius 1 is 0.437 bits per heavy atom. The lowest BCUT2D eigenvalue weighted by Gasteiger charge is -2.51. The highest BCUT2D eigenvalue weighted by atomic mass is 32.1. The lowest BCUT2D eigenvalue weighted by atomic mass is 9.33. The Labute approximate surface area is 429 Å². The zero-order chi connectivity index (χ0) is 49.9. The number of hydrogen-bond donors (Lipinski definition) is 0. The van der Waals surface area contributed by atoms with Crippen LogP contribution in [0.3, 0.4) is 0 Å². The summed E-state index contributed by atoms with van der Waals surface area (Å²) in [4.78, 5) is 8.18. The number of hydrogen-bond acceptors (Lipinski definition) is 4. The number of anilines is 8. The van der Waals surface area contributed by atoms with Crippen molar-refractivity contribution in [2.75, 3.05) is 14.7 Å². The van der Waals surface area contributed by atoms with Crippen LogP contribution in [0.2, 0.25) is 0 Å². The molecule has 1 aliphatic carbocycles. The first-order chi connectivity index (χ1) is 33.5. The molecule has 3 aliphatic heterocycles. The van der Waals surface area contributed by atoms with Gasteiger partial charge in [-0.3, -0.25) is 0 Å². The largest absolute Gasteiger partial charge is 0.334 e. The number of rotatable bonds is 3. The fourth-order valence-electron chi connectivity index (χ4n) is 13.2. The van der Waals surface area contributed by atoms with Crippen LogP contribution in [0.15, 0.2) is 133 Å². The second-order valence-corrected chi connectivity index (χ2v) is 27.3. The van der Waals surface area contributed by atoms with Crippen molar-refractivity contribution in [1.29, 1.82) is 0 Å². The van der Waals surface area contributed by atoms with Gasteiger partial charge in [-0.15, -0.1) is 11.3 Å². The maximum atomic E-state index is 2.83. The Morgan fingerprint density at radius 3 is 1.59 bits per heavy atom. The molecule has 4 aliphatic rings. The van der Waals surface area contributed by atoms with Crippen LogP contribution in [0.4, 0.5) is 45.5 Å². The van der Waals surface area contributed by atoms with E-state index in [1.165, 1.54) is 129 Å². The van der Waals surface area contributed by atoms with E-state index in [2.05, 4.69) is 245 Å². The van der Waals surface area contributed by atoms with Gasteiger partial charge in [0.2, 0.25) is 0 Å². The standard InChI is InChI=1S/C66H72BN3S/c1-61(2,3)41-20-19-21-45(34-41)68-54-36-43(63(7,8)9)24-29-51(54)67-52-30-25-44(64(10,11)12)37-55(52)69(46-27-28-49-48-22-15-16-23-58(48)71-59(49)40-46)57-39-47(38-56(68)60(57)67)70-53-31-26-42(62(4,5)6)35-50(53)65(13)32-17-18-33-66(65,70)14/h15-16,19-31,34-40H,17-18,32-33H2,1-14H3. The minimum atomic E-state index is -0.139. The van der Waals surface area contributed by atoms with Crippen molar-refractivity contribution in [3.63, 3.8) is 0 Å². The average molecular weight is 950 g/mol. The zero-order valence-corrected chi connectivity index (χ0v) is 45.7. The molecule has 0 spiro atoms. The van der Waals surface area contributed by atoms with Gasteiger partial charge >= 0.3 is 0 Å². The monoisotopic (exact) mass is 950 g/mol. The molecule has 0 bridgehead atoms. The third-order valence-corrected chi connectivity index (χ3v) is 18.7. The summed E-state index contributed by atoms with van der Waals surface area (Å²) in [7, 11) is 0. The predicted octanol–water partition coefficient (Wildman–Crippen LogP) is 17.1. The van der Waals surface area contributed by atoms with Gasteiger partial charge in [0, 0.05) is 71.1 Å². The van der Waals surface area contributed by atoms with Crippen molar-refractivity contribution in [3.8, 4) is 0 Å². The molecule has 4 heterocycles. The highest BCUT2D eigenvalue weighted by molar-refractivity contribution is 7.25. The van der Waals surface area contributed by atoms with E-state index in [-0.39, 0.29) is 39.3 Å². The summed E-state index contributed by atoms with van der Waals surface area (Å²) in [6.45, 7) is 33.5. The Kier molecular flexibility index (Phi) is 10.0. The van der Waals surface area contributed by atoms with Crippen LogP contribution in [0.5, 0.6) is 0 Å². The van der Waals surface area contributed by atoms with Crippen LogP contribution >= 0.6 is 11.3 Å². The quantitative estimate of drug-likeness (QED) is 0.163. The van der Waals surface area contributed by atoms with E-state index < -0.39 is 0 Å². The van der Waals surface area contributed by atoms with Crippen molar-refractivity contribution in [2.45, 2.75) is 155 Å². The first-order valence-corrected chi connectivity index (χ1v) is 27.3. The molecule has 360 valence electrons. The third kappa shape index (κ3) is 6.95. The highest BCUT2D eigenvalue weighted by Crippen LogP contribution is 2.62. The molecule has 3 nitrogen and oxygen atoms in total. The van der Waals surface area contributed by atoms with Gasteiger partial charge in [0.05, 0.1) is 5.54 Å². The molecule has 1 fully saturated rings. The van der Waals surface area contributed by atoms with Crippen LogP contribution in [0.1, 0.15) is 150 Å². The summed E-state index contributed by atoms with van der Waals surface area (Å²) >= 11 is 1.91. The average Bonchev–Trinajstić information content (AvgIpc) is 3.78. The van der Waals surface area contributed by atoms with E-state index in [1.807, 2.05) is 11.3 Å². The van der Waals surface area contributed by atoms with Gasteiger partial charge in [-0.05, 0) is 146 Å². The Morgan fingerprint density at radius 2 is 0.972 bits per heavy atom. The van der Waals surface area contributed by atoms with Crippen LogP contribution in [-0.4, -0.2) is 12.3 Å². The summed E-state index contributed by atoms with van der Waals surface area (Å²) in [5.74, 6) is 0. The number of benzene rings is 7. The molecular formula is C66H72BN3S. The molecule has 71 heavy (non-hydrogen) atoms. The van der Waals surface area contributed by atoms with Crippen LogP contribution in [-0.2, 0) is 27.1 Å². The van der Waals surface area contributed by atoms with Gasteiger partial charge in [0.1, 0.15) is 0 Å². The van der Waals surface area contributed by atoms with Crippen LogP contribution in [0, 0.1) is 0 Å². The molecule has 2 unspecified atom stereocenters. The first-order valence-electron chi connectivity index (χ1n) is 26.5. The van der Waals surface area contributed by atoms with E-state index in [4.69, 9.17) is 0 Å². The molecule has 7 aromatic carbocycles. The number of fused-ring (bicyclic) bond motifs is 10. The first kappa shape index (κ1) is 46.3. The van der Waals surface area contributed by atoms with Crippen molar-refractivity contribution in [1.82, 2.24) is 0 Å². The summed E-state index contributed by atoms with van der Waals surface area (Å²) < 4.78 is 2.65. The third-order valence-electron chi connectivity index (χ3n) is 17.6. The molecule has 1 saturated carbocycles. The van der Waals surface area contributed by atoms with Crippen LogP contribution in [0.25, 0.3) is 20.2 Å². The molecule has 2 atom stereocenters. The molecule has 0 N–H and O–H groups in total. The van der Waals surface area contributed by atoms with Gasteiger partial charge in [0.25, 0.3) is 6.71 Å². The zero-order valence-electron chi connectivity index (χ0n) is 44.9. The van der Waals surface area contributed by atoms with Crippen molar-refractivity contribution in [2.24, 2.45) is 0 Å². The maximum absolute atomic E-state index is 2.83. The molecule has 1 aromatic heterocycles. The van der Waals surface area contributed by atoms with Crippen molar-refractivity contribution < 1.29 is 0 Å². The molecule has 5 heteroatoms. The van der Waals surface area contributed by atoms with Gasteiger partial charge in [-0.2, -0.15) is 0 Å². The molecular weight excluding hydrogens is 878 g/mol. The molecule has 12 rings (SSSR count). The van der Waals surface area contributed by atoms with Gasteiger partial charge < -0.3 is 14.7 Å². The van der Waals surface area contributed by atoms with E-state index >= 15 is 0 Å². The van der Waals surface area contributed by atoms with E-state index in [9.17, 15) is 0 Å². The Balaban J connectivity index is 1.22. The second-order valence-electron chi connectivity index (χ2n) is 26.3. The minimum absolute atomic E-state index is 0.0178. The molecule has 8 aromatic rings. The van der Waals surface area contributed by atoms with E-state index in [1.54, 1.807) is 0 Å². The number of nitrogens with zero attached hydrogens (tertiary/aromatic N) is 3. The summed E-state index contributed by atoms with van der Waals surface area (Å²) in [5.41, 5.74) is 21.0. The van der Waals surface area contributed by atoms with E-state index in [0.29, 0.717) is 0 Å². The van der Waals surface area contributed by atoms with E-state index in [0.717, 1.165) is 6.42 Å². The summed E-state index contributed by atoms with van der Waals surface area (Å²) in [5, 5.41) is 2.66. The minimum Gasteiger partial charge on any atom is -0.334 e. The summed E-state index contributed by atoms with van der Waals surface area (Å²) in [6.07, 6.45) is 4.79. The van der Waals surface area contributed by atoms with Gasteiger partial charge in [0.15, 0.2) is 0 Å². The smallest absolute Gasteiger partial charge is 0.252 e. The summed E-state index contributed by atoms with van der Waals surface area (Å²) in [6, 6.07) is 53.3. The SMILES string of the molecule is CC(C)(C)c1cccc(N2c3cc(C(C)(C)C)ccc3B3c4ccc(C(C)(C)C)cc4N(c4ccc5c(c4)sc4ccccc45)c4cc(N5c6ccc(C(C)(C)C)cc6C6(C)CCCCC56C)cc2c43)c1. The molecule has 0 saturated heterocycles. The van der Waals surface area contributed by atoms with Crippen LogP contribution < -0.4 is 31.1 Å². The van der Waals surface area contributed by atoms with Crippen molar-refractivity contribution in [3.05, 3.63) is 161 Å². The normalized spacial score (nSPS) is 19.7. The maximum Gasteiger partial charge on any atom is 0.252 e. The Hall–Kier alpha value is -5.78. The Bertz CT molecular complexity index is 3500. The molecule has 0 amide bonds. The predicted molar refractivity (Wildman–Crippen MR) is 311 cm³/mol. The fraction of sp³-hybridized carbons (Fsp3) is 0.364. The fourth-order valence-corrected chi connectivity index (χ4v) is 14.3. The topological polar surface area (TPSA) is 9.72 Å². The van der Waals surface area contributed by atoms with Crippen molar-refractivity contribution >= 4 is 100 Å². The second kappa shape index (κ2) is 15.4. The lowest BCUT2D eigenvalue weighted by molar-refractivity contribution is 0.195. The van der Waals surface area contributed by atoms with Gasteiger partial charge in [-0.1, -0.05) is 176 Å². The highest BCUT2D eigenvalue weighted by Gasteiger charge is 2.58. The van der Waals surface area contributed by atoms with Gasteiger partial charge in [-0.25, -0.2) is 0 Å². The molecule has 0 radical (unpaired) electrons. The lowest BCUT2D eigenvalue weighted by Crippen LogP contribution is -2.61.